The van der Waals surface area contributed by atoms with E-state index in [1.807, 2.05) is 60.0 Å². The lowest BCUT2D eigenvalue weighted by Gasteiger charge is -2.24. The minimum Gasteiger partial charge on any atom is -0.497 e. The lowest BCUT2D eigenvalue weighted by atomic mass is 10.1. The van der Waals surface area contributed by atoms with Crippen molar-refractivity contribution in [3.8, 4) is 22.8 Å². The molecule has 0 radical (unpaired) electrons. The summed E-state index contributed by atoms with van der Waals surface area (Å²) in [6, 6.07) is 17.4. The zero-order chi connectivity index (χ0) is 21.0. The predicted molar refractivity (Wildman–Crippen MR) is 118 cm³/mol. The predicted octanol–water partition coefficient (Wildman–Crippen LogP) is 4.48. The molecule has 0 bridgehead atoms. The van der Waals surface area contributed by atoms with Gasteiger partial charge in [-0.05, 0) is 48.2 Å². The molecule has 2 N–H and O–H groups in total. The van der Waals surface area contributed by atoms with Gasteiger partial charge in [-0.3, -0.25) is 0 Å². The first kappa shape index (κ1) is 20.4. The van der Waals surface area contributed by atoms with E-state index in [1.54, 1.807) is 25.4 Å². The summed E-state index contributed by atoms with van der Waals surface area (Å²) in [5.41, 5.74) is 2.61. The number of hydrogen-bond acceptors (Lipinski definition) is 7. The number of fused-ring (bicyclic) bond motifs is 1. The smallest absolute Gasteiger partial charge is 0.178 e. The highest BCUT2D eigenvalue weighted by atomic mass is 32.1. The zero-order valence-electron chi connectivity index (χ0n) is 16.9. The molecule has 1 atom stereocenters. The number of benzene rings is 2. The molecule has 7 heteroatoms. The van der Waals surface area contributed by atoms with E-state index < -0.39 is 5.60 Å². The molecule has 0 aliphatic rings. The third-order valence-electron chi connectivity index (χ3n) is 4.73. The van der Waals surface area contributed by atoms with Crippen LogP contribution in [0.15, 0.2) is 64.5 Å². The lowest BCUT2D eigenvalue weighted by Crippen LogP contribution is -2.42. The monoisotopic (exact) mass is 424 g/mol. The maximum atomic E-state index is 10.7. The summed E-state index contributed by atoms with van der Waals surface area (Å²) >= 11 is 1.60. The number of nitrogens with zero attached hydrogens (tertiary/aromatic N) is 1. The van der Waals surface area contributed by atoms with Gasteiger partial charge in [-0.25, -0.2) is 0 Å². The van der Waals surface area contributed by atoms with Crippen LogP contribution in [0, 0.1) is 0 Å². The summed E-state index contributed by atoms with van der Waals surface area (Å²) in [4.78, 5) is 0. The number of aliphatic hydroxyl groups is 1. The van der Waals surface area contributed by atoms with E-state index in [0.29, 0.717) is 18.8 Å². The highest BCUT2D eigenvalue weighted by Gasteiger charge is 2.21. The van der Waals surface area contributed by atoms with E-state index in [2.05, 4.69) is 10.5 Å². The molecule has 0 aliphatic heterocycles. The Morgan fingerprint density at radius 3 is 2.77 bits per heavy atom. The Morgan fingerprint density at radius 1 is 1.13 bits per heavy atom. The van der Waals surface area contributed by atoms with Crippen LogP contribution in [0.3, 0.4) is 0 Å². The number of thiophene rings is 1. The van der Waals surface area contributed by atoms with Crippen molar-refractivity contribution in [1.82, 2.24) is 10.5 Å². The van der Waals surface area contributed by atoms with Crippen LogP contribution in [0.2, 0.25) is 0 Å². The molecular weight excluding hydrogens is 400 g/mol. The van der Waals surface area contributed by atoms with Crippen molar-refractivity contribution >= 4 is 21.6 Å². The molecular formula is C23H24N2O4S. The highest BCUT2D eigenvalue weighted by molar-refractivity contribution is 7.17. The first-order valence-electron chi connectivity index (χ1n) is 9.66. The maximum Gasteiger partial charge on any atom is 0.178 e. The quantitative estimate of drug-likeness (QED) is 0.412. The molecule has 0 saturated heterocycles. The van der Waals surface area contributed by atoms with E-state index in [1.165, 1.54) is 0 Å². The van der Waals surface area contributed by atoms with E-state index >= 15 is 0 Å². The Hall–Kier alpha value is -2.87. The summed E-state index contributed by atoms with van der Waals surface area (Å²) in [6.45, 7) is 2.97. The molecule has 0 amide bonds. The average Bonchev–Trinajstić information content (AvgIpc) is 3.37. The van der Waals surface area contributed by atoms with Gasteiger partial charge in [0.05, 0.1) is 7.11 Å². The molecule has 0 spiro atoms. The largest absolute Gasteiger partial charge is 0.497 e. The number of nitrogens with one attached hydrogen (secondary N) is 1. The molecule has 156 valence electrons. The minimum atomic E-state index is -1.02. The third kappa shape index (κ3) is 4.81. The number of methoxy groups -OCH3 is 1. The zero-order valence-corrected chi connectivity index (χ0v) is 17.7. The molecule has 30 heavy (non-hydrogen) atoms. The fourth-order valence-corrected chi connectivity index (χ4v) is 3.92. The fourth-order valence-electron chi connectivity index (χ4n) is 3.10. The molecule has 2 aromatic carbocycles. The molecule has 4 rings (SSSR count). The van der Waals surface area contributed by atoms with Crippen LogP contribution < -0.4 is 14.8 Å². The van der Waals surface area contributed by atoms with Gasteiger partial charge in [-0.2, -0.15) is 0 Å². The second kappa shape index (κ2) is 8.87. The van der Waals surface area contributed by atoms with Gasteiger partial charge >= 0.3 is 0 Å². The van der Waals surface area contributed by atoms with E-state index in [9.17, 15) is 5.11 Å². The third-order valence-corrected chi connectivity index (χ3v) is 5.63. The topological polar surface area (TPSA) is 76.8 Å². The summed E-state index contributed by atoms with van der Waals surface area (Å²) < 4.78 is 17.4. The van der Waals surface area contributed by atoms with E-state index in [-0.39, 0.29) is 6.61 Å². The van der Waals surface area contributed by atoms with E-state index in [0.717, 1.165) is 32.9 Å². The van der Waals surface area contributed by atoms with Crippen molar-refractivity contribution in [2.75, 3.05) is 20.3 Å². The minimum absolute atomic E-state index is 0.166. The van der Waals surface area contributed by atoms with Crippen molar-refractivity contribution < 1.29 is 19.1 Å². The van der Waals surface area contributed by atoms with Gasteiger partial charge in [0.2, 0.25) is 0 Å². The first-order chi connectivity index (χ1) is 14.5. The molecule has 2 aromatic heterocycles. The van der Waals surface area contributed by atoms with Crippen LogP contribution in [0.25, 0.3) is 21.5 Å². The fraction of sp³-hybridized carbons (Fsp3) is 0.261. The lowest BCUT2D eigenvalue weighted by molar-refractivity contribution is 0.0121. The summed E-state index contributed by atoms with van der Waals surface area (Å²) in [7, 11) is 1.65. The molecule has 0 unspecified atom stereocenters. The number of rotatable bonds is 9. The van der Waals surface area contributed by atoms with Crippen molar-refractivity contribution in [1.29, 1.82) is 0 Å². The van der Waals surface area contributed by atoms with Crippen LogP contribution >= 0.6 is 11.3 Å². The molecule has 0 fully saturated rings. The Labute approximate surface area is 179 Å². The Morgan fingerprint density at radius 2 is 1.97 bits per heavy atom. The van der Waals surface area contributed by atoms with Crippen molar-refractivity contribution in [2.45, 2.75) is 19.1 Å². The van der Waals surface area contributed by atoms with Gasteiger partial charge in [0.15, 0.2) is 5.58 Å². The summed E-state index contributed by atoms with van der Waals surface area (Å²) in [5, 5.41) is 20.1. The molecule has 0 saturated carbocycles. The first-order valence-corrected chi connectivity index (χ1v) is 10.5. The second-order valence-corrected chi connectivity index (χ2v) is 8.33. The van der Waals surface area contributed by atoms with Crippen molar-refractivity contribution in [2.24, 2.45) is 0 Å². The van der Waals surface area contributed by atoms with Gasteiger partial charge in [0.1, 0.15) is 34.1 Å². The van der Waals surface area contributed by atoms with Crippen LogP contribution in [0.1, 0.15) is 12.5 Å². The van der Waals surface area contributed by atoms with Crippen molar-refractivity contribution in [3.05, 3.63) is 65.5 Å². The molecule has 2 heterocycles. The van der Waals surface area contributed by atoms with Gasteiger partial charge in [0.25, 0.3) is 0 Å². The van der Waals surface area contributed by atoms with Crippen LogP contribution in [-0.4, -0.2) is 36.1 Å². The molecule has 6 nitrogen and oxygen atoms in total. The summed E-state index contributed by atoms with van der Waals surface area (Å²) in [5.74, 6) is 1.50. The normalized spacial score (nSPS) is 13.3. The highest BCUT2D eigenvalue weighted by Crippen LogP contribution is 2.33. The Bertz CT molecular complexity index is 1100. The standard InChI is InChI=1S/C23H24N2O4S/c1-23(26,14-24-13-16-6-8-18(27-2)9-7-16)15-28-19-5-3-4-17(12-19)21-22-20(29-25-21)10-11-30-22/h3-12,24,26H,13-15H2,1-2H3/t23-/m0/s1. The van der Waals surface area contributed by atoms with Gasteiger partial charge < -0.3 is 24.4 Å². The van der Waals surface area contributed by atoms with Crippen molar-refractivity contribution in [3.63, 3.8) is 0 Å². The number of aromatic nitrogens is 1. The maximum absolute atomic E-state index is 10.7. The Balaban J connectivity index is 1.32. The van der Waals surface area contributed by atoms with Crippen LogP contribution in [0.4, 0.5) is 0 Å². The van der Waals surface area contributed by atoms with Crippen LogP contribution in [0.5, 0.6) is 11.5 Å². The number of ether oxygens (including phenoxy) is 2. The van der Waals surface area contributed by atoms with Gasteiger partial charge in [-0.15, -0.1) is 11.3 Å². The van der Waals surface area contributed by atoms with Crippen LogP contribution in [-0.2, 0) is 6.54 Å². The SMILES string of the molecule is COc1ccc(CNC[C@](C)(O)COc2cccc(-c3noc4ccsc34)c2)cc1. The summed E-state index contributed by atoms with van der Waals surface area (Å²) in [6.07, 6.45) is 0. The van der Waals surface area contributed by atoms with Gasteiger partial charge in [-0.1, -0.05) is 29.4 Å². The molecule has 4 aromatic rings. The average molecular weight is 425 g/mol. The number of hydrogen-bond donors (Lipinski definition) is 2. The van der Waals surface area contributed by atoms with E-state index in [4.69, 9.17) is 14.0 Å². The Kier molecular flexibility index (Phi) is 6.03. The molecule has 0 aliphatic carbocycles. The van der Waals surface area contributed by atoms with Gasteiger partial charge in [0, 0.05) is 18.7 Å². The second-order valence-electron chi connectivity index (χ2n) is 7.41.